The number of nitrogens with zero attached hydrogens (tertiary/aromatic N) is 4. The zero-order chi connectivity index (χ0) is 24.4. The molecule has 0 aromatic heterocycles. The molecule has 1 aliphatic carbocycles. The summed E-state index contributed by atoms with van der Waals surface area (Å²) in [5, 5.41) is 6.32. The minimum atomic E-state index is -0.0380. The molecule has 0 radical (unpaired) electrons. The summed E-state index contributed by atoms with van der Waals surface area (Å²) in [6, 6.07) is 0.688. The topological polar surface area (TPSA) is 97.2 Å². The van der Waals surface area contributed by atoms with Crippen LogP contribution in [0.2, 0.25) is 0 Å². The second kappa shape index (κ2) is 11.2. The molecule has 0 bridgehead atoms. The molecule has 34 heavy (non-hydrogen) atoms. The number of nitrogens with two attached hydrogens (primary N) is 1. The van der Waals surface area contributed by atoms with Crippen molar-refractivity contribution in [2.75, 3.05) is 59.9 Å². The first-order chi connectivity index (χ1) is 16.3. The maximum absolute atomic E-state index is 13.8. The van der Waals surface area contributed by atoms with E-state index in [-0.39, 0.29) is 36.4 Å². The van der Waals surface area contributed by atoms with E-state index < -0.39 is 0 Å². The van der Waals surface area contributed by atoms with Gasteiger partial charge in [0.25, 0.3) is 0 Å². The number of nitrogens with one attached hydrogen (secondary N) is 2. The molecule has 2 amide bonds. The number of likely N-dealkylation sites (N-methyl/N-ethyl adjacent to an activating group) is 2. The molecule has 9 nitrogen and oxygen atoms in total. The van der Waals surface area contributed by atoms with Crippen LogP contribution in [0.4, 0.5) is 0 Å². The number of carbonyl (C=O) groups is 2. The highest BCUT2D eigenvalue weighted by atomic mass is 16.2. The molecule has 9 heteroatoms. The summed E-state index contributed by atoms with van der Waals surface area (Å²) in [6.45, 7) is 9.49. The maximum atomic E-state index is 13.8. The molecule has 0 aromatic carbocycles. The van der Waals surface area contributed by atoms with Gasteiger partial charge in [-0.15, -0.1) is 0 Å². The fourth-order valence-corrected chi connectivity index (χ4v) is 6.84. The minimum absolute atomic E-state index is 0.0380. The van der Waals surface area contributed by atoms with Gasteiger partial charge < -0.3 is 20.4 Å². The first kappa shape index (κ1) is 25.8. The monoisotopic (exact) mass is 477 g/mol. The lowest BCUT2D eigenvalue weighted by molar-refractivity contribution is -0.149. The van der Waals surface area contributed by atoms with Gasteiger partial charge >= 0.3 is 0 Å². The summed E-state index contributed by atoms with van der Waals surface area (Å²) < 4.78 is 0. The number of hydrogen-bond acceptors (Lipinski definition) is 7. The number of piperidine rings is 1. The SMILES string of the molecule is CC(C)N1NCC2C(C(=O)N3CCN(C)C(=O)C3)CC(C3CCCC(CN(C)CCN)C3)NC21. The summed E-state index contributed by atoms with van der Waals surface area (Å²) in [5.41, 5.74) is 9.35. The maximum Gasteiger partial charge on any atom is 0.241 e. The molecule has 0 spiro atoms. The van der Waals surface area contributed by atoms with Crippen molar-refractivity contribution >= 4 is 11.8 Å². The van der Waals surface area contributed by atoms with E-state index in [0.29, 0.717) is 43.6 Å². The first-order valence-corrected chi connectivity index (χ1v) is 13.5. The van der Waals surface area contributed by atoms with E-state index in [9.17, 15) is 9.59 Å². The fraction of sp³-hybridized carbons (Fsp3) is 0.920. The van der Waals surface area contributed by atoms with E-state index in [1.807, 2.05) is 11.9 Å². The number of hydrazine groups is 1. The van der Waals surface area contributed by atoms with E-state index in [1.165, 1.54) is 25.7 Å². The highest BCUT2D eigenvalue weighted by molar-refractivity contribution is 5.87. The Morgan fingerprint density at radius 1 is 1.24 bits per heavy atom. The molecule has 3 saturated heterocycles. The molecule has 4 fully saturated rings. The Balaban J connectivity index is 1.48. The normalized spacial score (nSPS) is 35.3. The summed E-state index contributed by atoms with van der Waals surface area (Å²) in [7, 11) is 4.00. The second-order valence-electron chi connectivity index (χ2n) is 11.5. The van der Waals surface area contributed by atoms with Crippen LogP contribution in [0, 0.1) is 23.7 Å². The van der Waals surface area contributed by atoms with Crippen molar-refractivity contribution in [2.45, 2.75) is 64.2 Å². The van der Waals surface area contributed by atoms with Crippen molar-refractivity contribution in [1.82, 2.24) is 30.5 Å². The van der Waals surface area contributed by atoms with E-state index in [1.54, 1.807) is 4.90 Å². The zero-order valence-electron chi connectivity index (χ0n) is 21.7. The largest absolute Gasteiger partial charge is 0.342 e. The lowest BCUT2D eigenvalue weighted by Gasteiger charge is -2.47. The van der Waals surface area contributed by atoms with Crippen molar-refractivity contribution in [2.24, 2.45) is 29.4 Å². The molecule has 4 N–H and O–H groups in total. The Labute approximate surface area is 205 Å². The summed E-state index contributed by atoms with van der Waals surface area (Å²) >= 11 is 0. The fourth-order valence-electron chi connectivity index (χ4n) is 6.84. The molecular weight excluding hydrogens is 430 g/mol. The average Bonchev–Trinajstić information content (AvgIpc) is 3.24. The number of piperazine rings is 1. The molecule has 3 heterocycles. The summed E-state index contributed by atoms with van der Waals surface area (Å²) in [5.74, 6) is 1.71. The lowest BCUT2D eigenvalue weighted by Crippen LogP contribution is -2.62. The Morgan fingerprint density at radius 3 is 2.74 bits per heavy atom. The van der Waals surface area contributed by atoms with E-state index >= 15 is 0 Å². The molecule has 4 aliphatic rings. The summed E-state index contributed by atoms with van der Waals surface area (Å²) in [6.07, 6.45) is 6.04. The predicted octanol–water partition coefficient (Wildman–Crippen LogP) is 0.133. The zero-order valence-corrected chi connectivity index (χ0v) is 21.7. The van der Waals surface area contributed by atoms with Crippen LogP contribution >= 0.6 is 0 Å². The highest BCUT2D eigenvalue weighted by Crippen LogP contribution is 2.40. The van der Waals surface area contributed by atoms with Gasteiger partial charge in [-0.2, -0.15) is 0 Å². The standard InChI is InChI=1S/C25H47N7O2/c1-17(2)32-24-21(14-27-32)20(25(34)31-11-10-30(4)23(33)16-31)13-22(28-24)19-7-5-6-18(12-19)15-29(3)9-8-26/h17-22,24,27-28H,5-16,26H2,1-4H3. The van der Waals surface area contributed by atoms with Crippen molar-refractivity contribution in [3.63, 3.8) is 0 Å². The van der Waals surface area contributed by atoms with Crippen molar-refractivity contribution in [3.8, 4) is 0 Å². The van der Waals surface area contributed by atoms with E-state index in [2.05, 4.69) is 41.5 Å². The van der Waals surface area contributed by atoms with Gasteiger partial charge in [0.1, 0.15) is 0 Å². The van der Waals surface area contributed by atoms with Crippen molar-refractivity contribution in [3.05, 3.63) is 0 Å². The first-order valence-electron chi connectivity index (χ1n) is 13.5. The number of carbonyl (C=O) groups excluding carboxylic acids is 2. The molecule has 3 aliphatic heterocycles. The van der Waals surface area contributed by atoms with Crippen LogP contribution < -0.4 is 16.5 Å². The van der Waals surface area contributed by atoms with Crippen molar-refractivity contribution in [1.29, 1.82) is 0 Å². The predicted molar refractivity (Wildman–Crippen MR) is 134 cm³/mol. The Morgan fingerprint density at radius 2 is 2.03 bits per heavy atom. The molecule has 194 valence electrons. The smallest absolute Gasteiger partial charge is 0.241 e. The average molecular weight is 478 g/mol. The third kappa shape index (κ3) is 5.59. The molecule has 4 rings (SSSR count). The quantitative estimate of drug-likeness (QED) is 0.480. The van der Waals surface area contributed by atoms with Gasteiger partial charge in [-0.1, -0.05) is 6.42 Å². The van der Waals surface area contributed by atoms with E-state index in [0.717, 1.165) is 26.1 Å². The number of hydrogen-bond donors (Lipinski definition) is 3. The second-order valence-corrected chi connectivity index (χ2v) is 11.5. The minimum Gasteiger partial charge on any atom is -0.342 e. The molecular formula is C25H47N7O2. The molecule has 1 saturated carbocycles. The molecule has 0 aromatic rings. The van der Waals surface area contributed by atoms with Crippen LogP contribution in [0.5, 0.6) is 0 Å². The van der Waals surface area contributed by atoms with Gasteiger partial charge in [-0.05, 0) is 58.4 Å². The van der Waals surface area contributed by atoms with Gasteiger partial charge in [0, 0.05) is 70.2 Å². The van der Waals surface area contributed by atoms with Crippen LogP contribution in [0.3, 0.4) is 0 Å². The molecule has 6 atom stereocenters. The van der Waals surface area contributed by atoms with Gasteiger partial charge in [0.05, 0.1) is 12.7 Å². The Hall–Kier alpha value is -1.26. The van der Waals surface area contributed by atoms with Gasteiger partial charge in [0.15, 0.2) is 0 Å². The number of amides is 2. The van der Waals surface area contributed by atoms with Crippen LogP contribution in [0.1, 0.15) is 46.0 Å². The van der Waals surface area contributed by atoms with Crippen LogP contribution in [0.25, 0.3) is 0 Å². The van der Waals surface area contributed by atoms with Crippen LogP contribution in [0.15, 0.2) is 0 Å². The third-order valence-corrected chi connectivity index (χ3v) is 8.74. The van der Waals surface area contributed by atoms with Gasteiger partial charge in [0.2, 0.25) is 11.8 Å². The van der Waals surface area contributed by atoms with Crippen LogP contribution in [-0.2, 0) is 9.59 Å². The number of rotatable bonds is 7. The Kier molecular flexibility index (Phi) is 8.51. The Bertz CT molecular complexity index is 719. The molecule has 6 unspecified atom stereocenters. The van der Waals surface area contributed by atoms with Crippen LogP contribution in [-0.4, -0.2) is 110 Å². The lowest BCUT2D eigenvalue weighted by atomic mass is 9.71. The van der Waals surface area contributed by atoms with Gasteiger partial charge in [-0.3, -0.25) is 20.3 Å². The van der Waals surface area contributed by atoms with Gasteiger partial charge in [-0.25, -0.2) is 5.01 Å². The van der Waals surface area contributed by atoms with Crippen molar-refractivity contribution < 1.29 is 9.59 Å². The van der Waals surface area contributed by atoms with E-state index in [4.69, 9.17) is 5.73 Å². The highest BCUT2D eigenvalue weighted by Gasteiger charge is 2.50. The number of fused-ring (bicyclic) bond motifs is 1. The third-order valence-electron chi connectivity index (χ3n) is 8.74. The summed E-state index contributed by atoms with van der Waals surface area (Å²) in [4.78, 5) is 32.1.